The predicted octanol–water partition coefficient (Wildman–Crippen LogP) is 2.47. The predicted molar refractivity (Wildman–Crippen MR) is 73.3 cm³/mol. The van der Waals surface area contributed by atoms with Crippen LogP contribution in [0.15, 0.2) is 0 Å². The van der Waals surface area contributed by atoms with Crippen molar-refractivity contribution >= 4 is 6.09 Å². The van der Waals surface area contributed by atoms with Crippen LogP contribution < -0.4 is 5.73 Å². The second kappa shape index (κ2) is 5.91. The summed E-state index contributed by atoms with van der Waals surface area (Å²) in [6.45, 7) is 12.3. The van der Waals surface area contributed by atoms with E-state index in [1.165, 1.54) is 0 Å². The Labute approximate surface area is 111 Å². The fourth-order valence-corrected chi connectivity index (χ4v) is 2.55. The maximum Gasteiger partial charge on any atom is 0.410 e. The van der Waals surface area contributed by atoms with Crippen molar-refractivity contribution in [1.29, 1.82) is 0 Å². The topological polar surface area (TPSA) is 55.6 Å². The second-order valence-corrected chi connectivity index (χ2v) is 6.77. The lowest BCUT2D eigenvalue weighted by molar-refractivity contribution is 0.0283. The summed E-state index contributed by atoms with van der Waals surface area (Å²) in [6.07, 6.45) is 0.924. The minimum Gasteiger partial charge on any atom is -0.444 e. The summed E-state index contributed by atoms with van der Waals surface area (Å²) in [5, 5.41) is 0. The lowest BCUT2D eigenvalue weighted by Crippen LogP contribution is -2.35. The number of nitrogens with two attached hydrogens (primary N) is 1. The standard InChI is InChI=1S/C14H28N2O2/c1-10(2)6-11-8-16(9-12(11)7-15)13(17)18-14(3,4)5/h10-12H,6-9,15H2,1-5H3. The number of hydrogen-bond donors (Lipinski definition) is 1. The zero-order valence-electron chi connectivity index (χ0n) is 12.4. The van der Waals surface area contributed by atoms with E-state index in [1.54, 1.807) is 0 Å². The minimum absolute atomic E-state index is 0.202. The fourth-order valence-electron chi connectivity index (χ4n) is 2.55. The van der Waals surface area contributed by atoms with Crippen molar-refractivity contribution in [3.05, 3.63) is 0 Å². The van der Waals surface area contributed by atoms with Crippen LogP contribution in [0.2, 0.25) is 0 Å². The van der Waals surface area contributed by atoms with Crippen LogP contribution in [0.5, 0.6) is 0 Å². The van der Waals surface area contributed by atoms with E-state index in [-0.39, 0.29) is 6.09 Å². The Morgan fingerprint density at radius 3 is 2.33 bits per heavy atom. The number of nitrogens with zero attached hydrogens (tertiary/aromatic N) is 1. The lowest BCUT2D eigenvalue weighted by atomic mass is 9.88. The molecule has 2 atom stereocenters. The summed E-state index contributed by atoms with van der Waals surface area (Å²) in [5.41, 5.74) is 5.39. The Balaban J connectivity index is 2.58. The third-order valence-corrected chi connectivity index (χ3v) is 3.31. The summed E-state index contributed by atoms with van der Waals surface area (Å²) in [5.74, 6) is 1.57. The van der Waals surface area contributed by atoms with Crippen LogP contribution >= 0.6 is 0 Å². The fraction of sp³-hybridized carbons (Fsp3) is 0.929. The third-order valence-electron chi connectivity index (χ3n) is 3.31. The van der Waals surface area contributed by atoms with Gasteiger partial charge < -0.3 is 15.4 Å². The van der Waals surface area contributed by atoms with E-state index in [4.69, 9.17) is 10.5 Å². The van der Waals surface area contributed by atoms with Crippen molar-refractivity contribution in [2.75, 3.05) is 19.6 Å². The Morgan fingerprint density at radius 1 is 1.33 bits per heavy atom. The van der Waals surface area contributed by atoms with Crippen molar-refractivity contribution in [2.24, 2.45) is 23.5 Å². The quantitative estimate of drug-likeness (QED) is 0.844. The van der Waals surface area contributed by atoms with E-state index in [0.29, 0.717) is 24.3 Å². The van der Waals surface area contributed by atoms with E-state index in [0.717, 1.165) is 19.5 Å². The average Bonchev–Trinajstić information content (AvgIpc) is 2.57. The summed E-state index contributed by atoms with van der Waals surface area (Å²) in [7, 11) is 0. The van der Waals surface area contributed by atoms with Crippen LogP contribution in [0, 0.1) is 17.8 Å². The molecule has 0 aromatic rings. The summed E-state index contributed by atoms with van der Waals surface area (Å²) in [4.78, 5) is 13.8. The van der Waals surface area contributed by atoms with Crippen LogP contribution in [0.3, 0.4) is 0 Å². The molecule has 18 heavy (non-hydrogen) atoms. The van der Waals surface area contributed by atoms with Crippen LogP contribution in [-0.2, 0) is 4.74 Å². The molecule has 4 nitrogen and oxygen atoms in total. The van der Waals surface area contributed by atoms with Crippen molar-refractivity contribution < 1.29 is 9.53 Å². The van der Waals surface area contributed by atoms with Crippen molar-refractivity contribution in [3.8, 4) is 0 Å². The van der Waals surface area contributed by atoms with E-state index in [2.05, 4.69) is 13.8 Å². The van der Waals surface area contributed by atoms with Gasteiger partial charge in [-0.2, -0.15) is 0 Å². The normalized spacial score (nSPS) is 24.7. The van der Waals surface area contributed by atoms with Gasteiger partial charge in [0.05, 0.1) is 0 Å². The highest BCUT2D eigenvalue weighted by molar-refractivity contribution is 5.68. The van der Waals surface area contributed by atoms with Gasteiger partial charge in [0.25, 0.3) is 0 Å². The number of rotatable bonds is 3. The van der Waals surface area contributed by atoms with Crippen molar-refractivity contribution in [3.63, 3.8) is 0 Å². The van der Waals surface area contributed by atoms with Gasteiger partial charge in [-0.15, -0.1) is 0 Å². The molecule has 0 radical (unpaired) electrons. The molecule has 0 aromatic carbocycles. The molecule has 2 unspecified atom stereocenters. The van der Waals surface area contributed by atoms with Gasteiger partial charge in [-0.3, -0.25) is 0 Å². The maximum atomic E-state index is 12.0. The molecule has 0 spiro atoms. The first kappa shape index (κ1) is 15.3. The smallest absolute Gasteiger partial charge is 0.410 e. The molecule has 2 N–H and O–H groups in total. The molecular weight excluding hydrogens is 228 g/mol. The van der Waals surface area contributed by atoms with Gasteiger partial charge in [0, 0.05) is 13.1 Å². The number of likely N-dealkylation sites (tertiary alicyclic amines) is 1. The average molecular weight is 256 g/mol. The molecular formula is C14H28N2O2. The van der Waals surface area contributed by atoms with E-state index in [9.17, 15) is 4.79 Å². The molecule has 0 bridgehead atoms. The van der Waals surface area contributed by atoms with Gasteiger partial charge in [0.2, 0.25) is 0 Å². The van der Waals surface area contributed by atoms with Crippen molar-refractivity contribution in [1.82, 2.24) is 4.90 Å². The van der Waals surface area contributed by atoms with Gasteiger partial charge in [-0.1, -0.05) is 13.8 Å². The van der Waals surface area contributed by atoms with Gasteiger partial charge in [0.15, 0.2) is 0 Å². The number of ether oxygens (including phenoxy) is 1. The van der Waals surface area contributed by atoms with Gasteiger partial charge in [0.1, 0.15) is 5.60 Å². The minimum atomic E-state index is -0.425. The Hall–Kier alpha value is -0.770. The molecule has 0 aliphatic carbocycles. The molecule has 1 aliphatic heterocycles. The number of carbonyl (C=O) groups excluding carboxylic acids is 1. The Morgan fingerprint density at radius 2 is 1.89 bits per heavy atom. The van der Waals surface area contributed by atoms with Gasteiger partial charge in [-0.05, 0) is 51.5 Å². The first-order chi connectivity index (χ1) is 8.23. The molecule has 1 rings (SSSR count). The Kier molecular flexibility index (Phi) is 5.02. The van der Waals surface area contributed by atoms with Crippen LogP contribution in [0.25, 0.3) is 0 Å². The molecule has 4 heteroatoms. The van der Waals surface area contributed by atoms with Crippen LogP contribution in [-0.4, -0.2) is 36.2 Å². The van der Waals surface area contributed by atoms with E-state index < -0.39 is 5.60 Å². The summed E-state index contributed by atoms with van der Waals surface area (Å²) >= 11 is 0. The largest absolute Gasteiger partial charge is 0.444 e. The number of hydrogen-bond acceptors (Lipinski definition) is 3. The molecule has 0 saturated carbocycles. The van der Waals surface area contributed by atoms with Crippen LogP contribution in [0.4, 0.5) is 4.79 Å². The van der Waals surface area contributed by atoms with Crippen molar-refractivity contribution in [2.45, 2.75) is 46.6 Å². The van der Waals surface area contributed by atoms with E-state index >= 15 is 0 Å². The zero-order valence-corrected chi connectivity index (χ0v) is 12.4. The first-order valence-electron chi connectivity index (χ1n) is 6.91. The van der Waals surface area contributed by atoms with Gasteiger partial charge in [-0.25, -0.2) is 4.79 Å². The molecule has 1 heterocycles. The molecule has 1 fully saturated rings. The van der Waals surface area contributed by atoms with E-state index in [1.807, 2.05) is 25.7 Å². The maximum absolute atomic E-state index is 12.0. The highest BCUT2D eigenvalue weighted by Gasteiger charge is 2.36. The molecule has 1 saturated heterocycles. The SMILES string of the molecule is CC(C)CC1CN(C(=O)OC(C)(C)C)CC1CN. The lowest BCUT2D eigenvalue weighted by Gasteiger charge is -2.24. The number of amides is 1. The summed E-state index contributed by atoms with van der Waals surface area (Å²) in [6, 6.07) is 0. The first-order valence-corrected chi connectivity index (χ1v) is 6.91. The highest BCUT2D eigenvalue weighted by atomic mass is 16.6. The number of carbonyl (C=O) groups is 1. The molecule has 0 aromatic heterocycles. The highest BCUT2D eigenvalue weighted by Crippen LogP contribution is 2.29. The Bertz CT molecular complexity index is 284. The molecule has 106 valence electrons. The zero-order chi connectivity index (χ0) is 13.9. The van der Waals surface area contributed by atoms with Gasteiger partial charge >= 0.3 is 6.09 Å². The van der Waals surface area contributed by atoms with Crippen LogP contribution in [0.1, 0.15) is 41.0 Å². The second-order valence-electron chi connectivity index (χ2n) is 6.77. The monoisotopic (exact) mass is 256 g/mol. The molecule has 1 amide bonds. The third kappa shape index (κ3) is 4.48. The summed E-state index contributed by atoms with van der Waals surface area (Å²) < 4.78 is 5.41. The molecule has 1 aliphatic rings.